The van der Waals surface area contributed by atoms with Crippen LogP contribution in [0.2, 0.25) is 0 Å². The number of nitrogens with zero attached hydrogens (tertiary/aromatic N) is 3. The van der Waals surface area contributed by atoms with Gasteiger partial charge < -0.3 is 13.7 Å². The lowest BCUT2D eigenvalue weighted by molar-refractivity contribution is 1.15. The van der Waals surface area contributed by atoms with Crippen LogP contribution in [-0.2, 0) is 0 Å². The van der Waals surface area contributed by atoms with E-state index in [-0.39, 0.29) is 0 Å². The minimum atomic E-state index is -3.14. The van der Waals surface area contributed by atoms with Gasteiger partial charge in [-0.1, -0.05) is 218 Å². The summed E-state index contributed by atoms with van der Waals surface area (Å²) in [5.41, 5.74) is 12.8. The fourth-order valence-electron chi connectivity index (χ4n) is 11.9. The van der Waals surface area contributed by atoms with Crippen molar-refractivity contribution in [1.29, 1.82) is 0 Å². The summed E-state index contributed by atoms with van der Waals surface area (Å²) in [6.45, 7) is 0. The van der Waals surface area contributed by atoms with E-state index < -0.39 is 8.07 Å². The second-order valence-corrected chi connectivity index (χ2v) is 22.2. The average Bonchev–Trinajstić information content (AvgIpc) is 4.08. The zero-order chi connectivity index (χ0) is 46.2. The maximum atomic E-state index is 2.57. The van der Waals surface area contributed by atoms with Crippen LogP contribution in [0.25, 0.3) is 93.6 Å². The number of aromatic nitrogens is 3. The molecule has 328 valence electrons. The Morgan fingerprint density at radius 3 is 1.21 bits per heavy atom. The first-order valence-corrected chi connectivity index (χ1v) is 26.2. The van der Waals surface area contributed by atoms with Crippen LogP contribution in [0.4, 0.5) is 0 Å². The minimum Gasteiger partial charge on any atom is -0.309 e. The summed E-state index contributed by atoms with van der Waals surface area (Å²) in [5, 5.41) is 12.8. The van der Waals surface area contributed by atoms with E-state index in [0.717, 1.165) is 22.6 Å². The van der Waals surface area contributed by atoms with Crippen LogP contribution in [-0.4, -0.2) is 21.8 Å². The van der Waals surface area contributed by atoms with E-state index in [9.17, 15) is 0 Å². The number of hydrogen-bond donors (Lipinski definition) is 0. The number of rotatable bonds is 8. The van der Waals surface area contributed by atoms with Gasteiger partial charge in [0.1, 0.15) is 0 Å². The highest BCUT2D eigenvalue weighted by molar-refractivity contribution is 7.20. The molecule has 0 amide bonds. The fraction of sp³-hybridized carbons (Fsp3) is 0. The Morgan fingerprint density at radius 2 is 0.657 bits per heavy atom. The summed E-state index contributed by atoms with van der Waals surface area (Å²) >= 11 is 0. The second-order valence-electron chi connectivity index (χ2n) is 18.4. The average molecular weight is 908 g/mol. The van der Waals surface area contributed by atoms with Crippen LogP contribution in [0.1, 0.15) is 0 Å². The van der Waals surface area contributed by atoms with Crippen molar-refractivity contribution in [2.45, 2.75) is 0 Å². The smallest absolute Gasteiger partial charge is 0.180 e. The molecule has 4 heteroatoms. The van der Waals surface area contributed by atoms with Gasteiger partial charge in [0.2, 0.25) is 0 Å². The van der Waals surface area contributed by atoms with Gasteiger partial charge in [0.15, 0.2) is 8.07 Å². The molecule has 0 saturated heterocycles. The third-order valence-corrected chi connectivity index (χ3v) is 19.6. The molecule has 14 rings (SSSR count). The predicted molar refractivity (Wildman–Crippen MR) is 299 cm³/mol. The third-order valence-electron chi connectivity index (χ3n) is 14.8. The molecule has 3 heterocycles. The van der Waals surface area contributed by atoms with Crippen molar-refractivity contribution < 1.29 is 0 Å². The van der Waals surface area contributed by atoms with Gasteiger partial charge in [-0.2, -0.15) is 0 Å². The van der Waals surface area contributed by atoms with Crippen LogP contribution in [0, 0.1) is 0 Å². The Hall–Kier alpha value is -8.96. The molecule has 0 aliphatic carbocycles. The first-order valence-electron chi connectivity index (χ1n) is 24.2. The molecule has 0 saturated carbocycles. The van der Waals surface area contributed by atoms with Gasteiger partial charge in [-0.05, 0) is 80.9 Å². The lowest BCUT2D eigenvalue weighted by atomic mass is 10.0. The van der Waals surface area contributed by atoms with Gasteiger partial charge in [0, 0.05) is 49.3 Å². The molecule has 70 heavy (non-hydrogen) atoms. The van der Waals surface area contributed by atoms with Gasteiger partial charge in [-0.15, -0.1) is 0 Å². The molecular weight excluding hydrogens is 863 g/mol. The van der Waals surface area contributed by atoms with Crippen molar-refractivity contribution in [3.63, 3.8) is 0 Å². The van der Waals surface area contributed by atoms with E-state index in [1.807, 2.05) is 0 Å². The predicted octanol–water partition coefficient (Wildman–Crippen LogP) is 14.0. The van der Waals surface area contributed by atoms with Crippen LogP contribution in [0.5, 0.6) is 0 Å². The molecule has 0 aliphatic heterocycles. The molecule has 14 aromatic rings. The highest BCUT2D eigenvalue weighted by Crippen LogP contribution is 2.41. The molecule has 0 aliphatic rings. The Morgan fingerprint density at radius 1 is 0.257 bits per heavy atom. The fourth-order valence-corrected chi connectivity index (χ4v) is 16.9. The minimum absolute atomic E-state index is 1.11. The molecule has 3 nitrogen and oxygen atoms in total. The normalized spacial score (nSPS) is 12.0. The van der Waals surface area contributed by atoms with Crippen molar-refractivity contribution in [3.05, 3.63) is 273 Å². The van der Waals surface area contributed by atoms with Crippen molar-refractivity contribution in [2.24, 2.45) is 0 Å². The van der Waals surface area contributed by atoms with Crippen LogP contribution in [0.3, 0.4) is 0 Å². The highest BCUT2D eigenvalue weighted by Gasteiger charge is 2.44. The summed E-state index contributed by atoms with van der Waals surface area (Å²) in [5.74, 6) is 0. The molecule has 3 aromatic heterocycles. The number of benzene rings is 11. The summed E-state index contributed by atoms with van der Waals surface area (Å²) in [7, 11) is -3.14. The number of hydrogen-bond acceptors (Lipinski definition) is 0. The maximum Gasteiger partial charge on any atom is 0.180 e. The van der Waals surface area contributed by atoms with Crippen molar-refractivity contribution in [1.82, 2.24) is 13.7 Å². The Bertz CT molecular complexity index is 4130. The van der Waals surface area contributed by atoms with Crippen LogP contribution >= 0.6 is 0 Å². The summed E-state index contributed by atoms with van der Waals surface area (Å²) in [6, 6.07) is 102. The molecular formula is C66H45N3Si. The molecule has 0 bridgehead atoms. The lowest BCUT2D eigenvalue weighted by Gasteiger charge is -2.35. The standard InChI is InChI=1S/C66H45N3Si/c1-5-23-46(24-6-1)52-31-13-18-36-58(52)69-61-39-21-16-34-55(61)56-42-41-47(43-63(56)69)67-62-40-22-17-35-57(62)66-64(67)44-48(68-59-37-19-14-32-53(59)54-33-15-20-38-60(54)68)45-65(66)70(49-25-7-2-8-26-49,50-27-9-3-10-28-50)51-29-11-4-12-30-51/h1-45H. The van der Waals surface area contributed by atoms with Gasteiger partial charge >= 0.3 is 0 Å². The van der Waals surface area contributed by atoms with E-state index in [4.69, 9.17) is 0 Å². The second kappa shape index (κ2) is 16.1. The Balaban J connectivity index is 1.16. The summed E-state index contributed by atoms with van der Waals surface area (Å²) in [6.07, 6.45) is 0. The molecule has 0 atom stereocenters. The quantitative estimate of drug-likeness (QED) is 0.107. The molecule has 0 spiro atoms. The van der Waals surface area contributed by atoms with Crippen molar-refractivity contribution in [2.75, 3.05) is 0 Å². The Labute approximate surface area is 407 Å². The molecule has 0 unspecified atom stereocenters. The Kier molecular flexibility index (Phi) is 9.23. The lowest BCUT2D eigenvalue weighted by Crippen LogP contribution is -2.74. The van der Waals surface area contributed by atoms with Crippen LogP contribution < -0.4 is 20.7 Å². The monoisotopic (exact) mass is 907 g/mol. The van der Waals surface area contributed by atoms with Crippen molar-refractivity contribution in [3.8, 4) is 28.2 Å². The van der Waals surface area contributed by atoms with Gasteiger partial charge in [0.05, 0.1) is 38.8 Å². The van der Waals surface area contributed by atoms with Crippen molar-refractivity contribution >= 4 is 94.2 Å². The zero-order valence-corrected chi connectivity index (χ0v) is 39.3. The molecule has 0 fully saturated rings. The summed E-state index contributed by atoms with van der Waals surface area (Å²) < 4.78 is 7.55. The van der Waals surface area contributed by atoms with Gasteiger partial charge in [-0.3, -0.25) is 0 Å². The third kappa shape index (κ3) is 5.94. The molecule has 0 N–H and O–H groups in total. The first kappa shape index (κ1) is 40.1. The van der Waals surface area contributed by atoms with E-state index in [1.165, 1.54) is 91.8 Å². The first-order chi connectivity index (χ1) is 34.8. The molecule has 11 aromatic carbocycles. The number of fused-ring (bicyclic) bond motifs is 9. The van der Waals surface area contributed by atoms with E-state index in [1.54, 1.807) is 0 Å². The molecule has 0 radical (unpaired) electrons. The van der Waals surface area contributed by atoms with E-state index >= 15 is 0 Å². The SMILES string of the molecule is c1ccc(-c2ccccc2-n2c3ccccc3c3ccc(-n4c5ccccc5c5c([Si](c6ccccc6)(c6ccccc6)c6ccccc6)cc(-n6c7ccccc7c7ccccc76)cc54)cc32)cc1. The van der Waals surface area contributed by atoms with Gasteiger partial charge in [0.25, 0.3) is 0 Å². The largest absolute Gasteiger partial charge is 0.309 e. The highest BCUT2D eigenvalue weighted by atomic mass is 28.3. The number of para-hydroxylation sites is 5. The summed E-state index contributed by atoms with van der Waals surface area (Å²) in [4.78, 5) is 0. The van der Waals surface area contributed by atoms with Crippen LogP contribution in [0.15, 0.2) is 273 Å². The maximum absolute atomic E-state index is 3.14. The van der Waals surface area contributed by atoms with E-state index in [2.05, 4.69) is 287 Å². The zero-order valence-electron chi connectivity index (χ0n) is 38.3. The van der Waals surface area contributed by atoms with Gasteiger partial charge in [-0.25, -0.2) is 0 Å². The van der Waals surface area contributed by atoms with E-state index in [0.29, 0.717) is 0 Å². The topological polar surface area (TPSA) is 14.8 Å².